The zero-order chi connectivity index (χ0) is 19.6. The quantitative estimate of drug-likeness (QED) is 0.841. The Labute approximate surface area is 166 Å². The van der Waals surface area contributed by atoms with E-state index in [-0.39, 0.29) is 11.8 Å². The first-order valence-corrected chi connectivity index (χ1v) is 10.2. The van der Waals surface area contributed by atoms with Crippen LogP contribution in [0.2, 0.25) is 0 Å². The van der Waals surface area contributed by atoms with Crippen molar-refractivity contribution in [3.63, 3.8) is 0 Å². The van der Waals surface area contributed by atoms with Crippen molar-refractivity contribution in [1.82, 2.24) is 15.2 Å². The van der Waals surface area contributed by atoms with Crippen LogP contribution >= 0.6 is 0 Å². The van der Waals surface area contributed by atoms with Crippen LogP contribution < -0.4 is 5.32 Å². The van der Waals surface area contributed by atoms with Gasteiger partial charge in [0.2, 0.25) is 11.8 Å². The third-order valence-corrected chi connectivity index (χ3v) is 5.87. The number of carbonyl (C=O) groups excluding carboxylic acids is 2. The molecule has 1 aromatic carbocycles. The zero-order valence-electron chi connectivity index (χ0n) is 16.4. The number of aromatic nitrogens is 1. The average molecular weight is 377 g/mol. The number of nitrogens with zero attached hydrogens (tertiary/aromatic N) is 2. The van der Waals surface area contributed by atoms with Crippen molar-refractivity contribution in [2.75, 3.05) is 13.1 Å². The third kappa shape index (κ3) is 3.93. The number of hydrogen-bond acceptors (Lipinski definition) is 3. The van der Waals surface area contributed by atoms with Gasteiger partial charge in [0.1, 0.15) is 0 Å². The Morgan fingerprint density at radius 3 is 2.75 bits per heavy atom. The maximum atomic E-state index is 13.2. The van der Waals surface area contributed by atoms with Gasteiger partial charge < -0.3 is 10.2 Å². The van der Waals surface area contributed by atoms with Gasteiger partial charge in [-0.1, -0.05) is 37.3 Å². The molecule has 1 aromatic heterocycles. The summed E-state index contributed by atoms with van der Waals surface area (Å²) < 4.78 is 0. The van der Waals surface area contributed by atoms with E-state index in [2.05, 4.69) is 28.5 Å². The standard InChI is InChI=1S/C23H27N3O2/c1-2-21(27)26-12-10-23(16-26,22(28)25-20-8-9-20)14-17-5-3-6-18(13-17)19-7-4-11-24-15-19/h3-7,11,13,15,20H,2,8-10,12,14,16H2,1H3,(H,25,28)/t23-/m0/s1. The fourth-order valence-electron chi connectivity index (χ4n) is 4.07. The SMILES string of the molecule is CCC(=O)N1CC[C@@](Cc2cccc(-c3cccnc3)c2)(C(=O)NC2CC2)C1. The zero-order valence-corrected chi connectivity index (χ0v) is 16.4. The van der Waals surface area contributed by atoms with Crippen molar-refractivity contribution in [3.05, 3.63) is 54.4 Å². The predicted molar refractivity (Wildman–Crippen MR) is 108 cm³/mol. The van der Waals surface area contributed by atoms with E-state index in [4.69, 9.17) is 0 Å². The molecule has 5 heteroatoms. The highest BCUT2D eigenvalue weighted by atomic mass is 16.2. The van der Waals surface area contributed by atoms with Gasteiger partial charge in [-0.05, 0) is 48.4 Å². The molecule has 2 aromatic rings. The van der Waals surface area contributed by atoms with Crippen molar-refractivity contribution in [2.24, 2.45) is 5.41 Å². The number of rotatable bonds is 6. The molecule has 2 fully saturated rings. The molecule has 1 atom stereocenters. The molecule has 28 heavy (non-hydrogen) atoms. The molecule has 1 aliphatic carbocycles. The van der Waals surface area contributed by atoms with Gasteiger partial charge in [-0.2, -0.15) is 0 Å². The smallest absolute Gasteiger partial charge is 0.228 e. The maximum absolute atomic E-state index is 13.2. The highest BCUT2D eigenvalue weighted by Crippen LogP contribution is 2.37. The van der Waals surface area contributed by atoms with Crippen molar-refractivity contribution in [3.8, 4) is 11.1 Å². The highest BCUT2D eigenvalue weighted by molar-refractivity contribution is 5.86. The van der Waals surface area contributed by atoms with Crippen LogP contribution in [0.15, 0.2) is 48.8 Å². The molecular formula is C23H27N3O2. The summed E-state index contributed by atoms with van der Waals surface area (Å²) >= 11 is 0. The molecule has 2 aliphatic rings. The second-order valence-corrected chi connectivity index (χ2v) is 8.07. The first kappa shape index (κ1) is 18.7. The van der Waals surface area contributed by atoms with Crippen LogP contribution in [-0.2, 0) is 16.0 Å². The molecule has 1 saturated heterocycles. The van der Waals surface area contributed by atoms with Crippen LogP contribution in [-0.4, -0.2) is 40.8 Å². The van der Waals surface area contributed by atoms with Crippen molar-refractivity contribution in [2.45, 2.75) is 45.1 Å². The molecule has 1 aliphatic heterocycles. The molecule has 0 unspecified atom stereocenters. The second-order valence-electron chi connectivity index (χ2n) is 8.07. The predicted octanol–water partition coefficient (Wildman–Crippen LogP) is 3.20. The monoisotopic (exact) mass is 377 g/mol. The van der Waals surface area contributed by atoms with Crippen LogP contribution in [0, 0.1) is 5.41 Å². The summed E-state index contributed by atoms with van der Waals surface area (Å²) in [6, 6.07) is 12.6. The van der Waals surface area contributed by atoms with Gasteiger partial charge >= 0.3 is 0 Å². The van der Waals surface area contributed by atoms with Crippen molar-refractivity contribution >= 4 is 11.8 Å². The van der Waals surface area contributed by atoms with Crippen LogP contribution in [0.4, 0.5) is 0 Å². The number of amides is 2. The van der Waals surface area contributed by atoms with E-state index in [1.807, 2.05) is 36.2 Å². The van der Waals surface area contributed by atoms with E-state index in [1.165, 1.54) is 0 Å². The van der Waals surface area contributed by atoms with Crippen LogP contribution in [0.5, 0.6) is 0 Å². The third-order valence-electron chi connectivity index (χ3n) is 5.87. The van der Waals surface area contributed by atoms with Gasteiger partial charge in [-0.3, -0.25) is 14.6 Å². The van der Waals surface area contributed by atoms with E-state index in [0.29, 0.717) is 38.4 Å². The van der Waals surface area contributed by atoms with E-state index >= 15 is 0 Å². The Hall–Kier alpha value is -2.69. The normalized spacial score (nSPS) is 21.5. The fraction of sp³-hybridized carbons (Fsp3) is 0.435. The van der Waals surface area contributed by atoms with Gasteiger partial charge in [0.25, 0.3) is 0 Å². The number of likely N-dealkylation sites (tertiary alicyclic amines) is 1. The molecule has 0 radical (unpaired) electrons. The molecule has 146 valence electrons. The summed E-state index contributed by atoms with van der Waals surface area (Å²) in [7, 11) is 0. The molecule has 0 spiro atoms. The lowest BCUT2D eigenvalue weighted by Gasteiger charge is -2.28. The van der Waals surface area contributed by atoms with Crippen LogP contribution in [0.25, 0.3) is 11.1 Å². The minimum Gasteiger partial charge on any atom is -0.353 e. The van der Waals surface area contributed by atoms with Gasteiger partial charge in [-0.25, -0.2) is 0 Å². The number of benzene rings is 1. The fourth-order valence-corrected chi connectivity index (χ4v) is 4.07. The Kier molecular flexibility index (Phi) is 5.16. The summed E-state index contributed by atoms with van der Waals surface area (Å²) in [5.74, 6) is 0.235. The van der Waals surface area contributed by atoms with Crippen molar-refractivity contribution < 1.29 is 9.59 Å². The van der Waals surface area contributed by atoms with Crippen LogP contribution in [0.3, 0.4) is 0 Å². The minimum absolute atomic E-state index is 0.105. The second kappa shape index (κ2) is 7.74. The molecule has 1 saturated carbocycles. The summed E-state index contributed by atoms with van der Waals surface area (Å²) in [6.45, 7) is 3.05. The Balaban J connectivity index is 1.59. The van der Waals surface area contributed by atoms with E-state index in [0.717, 1.165) is 29.5 Å². The van der Waals surface area contributed by atoms with Crippen LogP contribution in [0.1, 0.15) is 38.2 Å². The first-order valence-electron chi connectivity index (χ1n) is 10.2. The number of nitrogens with one attached hydrogen (secondary N) is 1. The maximum Gasteiger partial charge on any atom is 0.228 e. The average Bonchev–Trinajstić information content (AvgIpc) is 3.44. The number of pyridine rings is 1. The van der Waals surface area contributed by atoms with Gasteiger partial charge in [-0.15, -0.1) is 0 Å². The van der Waals surface area contributed by atoms with E-state index < -0.39 is 5.41 Å². The Morgan fingerprint density at radius 2 is 2.04 bits per heavy atom. The molecule has 5 nitrogen and oxygen atoms in total. The van der Waals surface area contributed by atoms with E-state index in [9.17, 15) is 9.59 Å². The van der Waals surface area contributed by atoms with E-state index in [1.54, 1.807) is 6.20 Å². The molecule has 2 amide bonds. The lowest BCUT2D eigenvalue weighted by Crippen LogP contribution is -2.46. The number of carbonyl (C=O) groups is 2. The van der Waals surface area contributed by atoms with Gasteiger partial charge in [0.15, 0.2) is 0 Å². The summed E-state index contributed by atoms with van der Waals surface area (Å²) in [5, 5.41) is 3.19. The summed E-state index contributed by atoms with van der Waals surface area (Å²) in [4.78, 5) is 31.5. The minimum atomic E-state index is -0.541. The summed E-state index contributed by atoms with van der Waals surface area (Å²) in [6.07, 6.45) is 7.60. The lowest BCUT2D eigenvalue weighted by molar-refractivity contribution is -0.133. The molecule has 2 heterocycles. The Morgan fingerprint density at radius 1 is 1.21 bits per heavy atom. The molecule has 0 bridgehead atoms. The largest absolute Gasteiger partial charge is 0.353 e. The first-order chi connectivity index (χ1) is 13.6. The molecule has 1 N–H and O–H groups in total. The van der Waals surface area contributed by atoms with Crippen molar-refractivity contribution in [1.29, 1.82) is 0 Å². The highest BCUT2D eigenvalue weighted by Gasteiger charge is 2.46. The summed E-state index contributed by atoms with van der Waals surface area (Å²) in [5.41, 5.74) is 2.75. The Bertz CT molecular complexity index is 863. The topological polar surface area (TPSA) is 62.3 Å². The molecular weight excluding hydrogens is 350 g/mol. The molecule has 4 rings (SSSR count). The lowest BCUT2D eigenvalue weighted by atomic mass is 9.79. The van der Waals surface area contributed by atoms with Gasteiger partial charge in [0.05, 0.1) is 5.41 Å². The van der Waals surface area contributed by atoms with Gasteiger partial charge in [0, 0.05) is 37.9 Å². The number of hydrogen-bond donors (Lipinski definition) is 1.